The van der Waals surface area contributed by atoms with Gasteiger partial charge in [0.2, 0.25) is 0 Å². The first-order chi connectivity index (χ1) is 27.7. The first kappa shape index (κ1) is 32.0. The summed E-state index contributed by atoms with van der Waals surface area (Å²) >= 11 is 0. The molecule has 11 rings (SSSR count). The smallest absolute Gasteiger partial charge is 0.161 e. The van der Waals surface area contributed by atoms with Gasteiger partial charge in [-0.2, -0.15) is 0 Å². The lowest BCUT2D eigenvalue weighted by atomic mass is 9.94. The number of benzene rings is 9. The highest BCUT2D eigenvalue weighted by atomic mass is 14.9. The molecule has 0 fully saturated rings. The molecule has 0 spiro atoms. The summed E-state index contributed by atoms with van der Waals surface area (Å²) in [7, 11) is 0. The molecule has 0 aliphatic heterocycles. The van der Waals surface area contributed by atoms with E-state index in [4.69, 9.17) is 9.97 Å². The molecule has 0 aliphatic carbocycles. The number of fused-ring (bicyclic) bond motifs is 7. The van der Waals surface area contributed by atoms with Crippen LogP contribution in [-0.2, 0) is 0 Å². The number of pyridine rings is 1. The van der Waals surface area contributed by atoms with E-state index in [0.29, 0.717) is 5.82 Å². The van der Waals surface area contributed by atoms with Crippen LogP contribution in [-0.4, -0.2) is 15.0 Å². The molecule has 3 heteroatoms. The molecule has 11 aromatic rings. The Morgan fingerprint density at radius 2 is 0.714 bits per heavy atom. The van der Waals surface area contributed by atoms with Crippen molar-refractivity contribution in [3.63, 3.8) is 0 Å². The topological polar surface area (TPSA) is 38.7 Å². The second-order valence-electron chi connectivity index (χ2n) is 14.4. The third kappa shape index (κ3) is 5.40. The Labute approximate surface area is 324 Å². The van der Waals surface area contributed by atoms with Crippen LogP contribution >= 0.6 is 0 Å². The van der Waals surface area contributed by atoms with Crippen LogP contribution in [0.1, 0.15) is 0 Å². The van der Waals surface area contributed by atoms with Crippen molar-refractivity contribution in [2.45, 2.75) is 0 Å². The Morgan fingerprint density at radius 3 is 1.34 bits per heavy atom. The van der Waals surface area contributed by atoms with Crippen LogP contribution in [0.3, 0.4) is 0 Å². The van der Waals surface area contributed by atoms with Crippen LogP contribution < -0.4 is 0 Å². The largest absolute Gasteiger partial charge is 0.263 e. The summed E-state index contributed by atoms with van der Waals surface area (Å²) in [6.07, 6.45) is 3.88. The quantitative estimate of drug-likeness (QED) is 0.167. The van der Waals surface area contributed by atoms with Crippen LogP contribution in [0.2, 0.25) is 0 Å². The van der Waals surface area contributed by atoms with Crippen LogP contribution in [0.25, 0.3) is 110 Å². The second-order valence-corrected chi connectivity index (χ2v) is 14.4. The summed E-state index contributed by atoms with van der Waals surface area (Å²) in [6.45, 7) is 0. The Balaban J connectivity index is 1.06. The number of nitrogens with zero attached hydrogens (tertiary/aromatic N) is 3. The molecule has 0 amide bonds. The number of hydrogen-bond donors (Lipinski definition) is 0. The minimum atomic E-state index is 0.708. The van der Waals surface area contributed by atoms with Gasteiger partial charge in [0, 0.05) is 40.0 Å². The molecule has 0 atom stereocenters. The zero-order valence-corrected chi connectivity index (χ0v) is 30.4. The van der Waals surface area contributed by atoms with Crippen molar-refractivity contribution in [2.75, 3.05) is 0 Å². The van der Waals surface area contributed by atoms with Crippen molar-refractivity contribution in [3.8, 4) is 56.2 Å². The summed E-state index contributed by atoms with van der Waals surface area (Å²) in [5.41, 5.74) is 9.51. The average Bonchev–Trinajstić information content (AvgIpc) is 3.28. The summed E-state index contributed by atoms with van der Waals surface area (Å²) in [5, 5.41) is 11.9. The fourth-order valence-corrected chi connectivity index (χ4v) is 8.38. The van der Waals surface area contributed by atoms with Gasteiger partial charge in [-0.3, -0.25) is 4.98 Å². The minimum absolute atomic E-state index is 0.708. The van der Waals surface area contributed by atoms with Gasteiger partial charge in [-0.1, -0.05) is 170 Å². The zero-order chi connectivity index (χ0) is 37.0. The Hall–Kier alpha value is -7.49. The normalized spacial score (nSPS) is 11.6. The van der Waals surface area contributed by atoms with E-state index >= 15 is 0 Å². The second kappa shape index (κ2) is 13.1. The first-order valence-corrected chi connectivity index (χ1v) is 19.0. The van der Waals surface area contributed by atoms with E-state index in [1.807, 2.05) is 12.4 Å². The molecule has 2 aromatic heterocycles. The van der Waals surface area contributed by atoms with Gasteiger partial charge in [0.1, 0.15) is 0 Å². The molecule has 0 bridgehead atoms. The molecule has 0 N–H and O–H groups in total. The lowest BCUT2D eigenvalue weighted by molar-refractivity contribution is 1.19. The van der Waals surface area contributed by atoms with E-state index in [0.717, 1.165) is 61.1 Å². The van der Waals surface area contributed by atoms with E-state index in [2.05, 4.69) is 193 Å². The highest BCUT2D eigenvalue weighted by Crippen LogP contribution is 2.39. The van der Waals surface area contributed by atoms with Gasteiger partial charge in [-0.05, 0) is 83.4 Å². The molecular formula is C53H33N3. The van der Waals surface area contributed by atoms with E-state index in [1.165, 1.54) is 43.1 Å². The summed E-state index contributed by atoms with van der Waals surface area (Å²) in [6, 6.07) is 67.1. The van der Waals surface area contributed by atoms with Gasteiger partial charge in [0.25, 0.3) is 0 Å². The van der Waals surface area contributed by atoms with E-state index in [-0.39, 0.29) is 0 Å². The predicted octanol–water partition coefficient (Wildman–Crippen LogP) is 14.0. The maximum atomic E-state index is 5.41. The summed E-state index contributed by atoms with van der Waals surface area (Å²) < 4.78 is 0. The maximum Gasteiger partial charge on any atom is 0.161 e. The number of hydrogen-bond acceptors (Lipinski definition) is 3. The molecule has 260 valence electrons. The van der Waals surface area contributed by atoms with Crippen molar-refractivity contribution in [1.82, 2.24) is 15.0 Å². The molecule has 0 unspecified atom stereocenters. The van der Waals surface area contributed by atoms with Gasteiger partial charge in [0.05, 0.1) is 11.4 Å². The van der Waals surface area contributed by atoms with Crippen LogP contribution in [0, 0.1) is 0 Å². The van der Waals surface area contributed by atoms with E-state index in [9.17, 15) is 0 Å². The third-order valence-corrected chi connectivity index (χ3v) is 11.2. The predicted molar refractivity (Wildman–Crippen MR) is 235 cm³/mol. The molecule has 0 saturated heterocycles. The van der Waals surface area contributed by atoms with Gasteiger partial charge < -0.3 is 0 Å². The highest BCUT2D eigenvalue weighted by Gasteiger charge is 2.17. The van der Waals surface area contributed by atoms with Crippen molar-refractivity contribution in [2.24, 2.45) is 0 Å². The third-order valence-electron chi connectivity index (χ3n) is 11.2. The van der Waals surface area contributed by atoms with Gasteiger partial charge in [-0.15, -0.1) is 0 Å². The monoisotopic (exact) mass is 711 g/mol. The average molecular weight is 712 g/mol. The van der Waals surface area contributed by atoms with E-state index < -0.39 is 0 Å². The Kier molecular flexibility index (Phi) is 7.49. The van der Waals surface area contributed by atoms with Crippen LogP contribution in [0.5, 0.6) is 0 Å². The molecule has 3 nitrogen and oxygen atoms in total. The zero-order valence-electron chi connectivity index (χ0n) is 30.4. The molecule has 0 radical (unpaired) electrons. The van der Waals surface area contributed by atoms with Crippen molar-refractivity contribution >= 4 is 53.9 Å². The van der Waals surface area contributed by atoms with Crippen LogP contribution in [0.4, 0.5) is 0 Å². The first-order valence-electron chi connectivity index (χ1n) is 19.0. The molecule has 9 aromatic carbocycles. The number of rotatable bonds is 5. The lowest BCUT2D eigenvalue weighted by Crippen LogP contribution is -1.98. The minimum Gasteiger partial charge on any atom is -0.263 e. The summed E-state index contributed by atoms with van der Waals surface area (Å²) in [4.78, 5) is 15.3. The highest BCUT2D eigenvalue weighted by molar-refractivity contribution is 6.15. The van der Waals surface area contributed by atoms with E-state index in [1.54, 1.807) is 0 Å². The molecule has 56 heavy (non-hydrogen) atoms. The number of aromatic nitrogens is 3. The fraction of sp³-hybridized carbons (Fsp3) is 0. The van der Waals surface area contributed by atoms with Crippen molar-refractivity contribution in [3.05, 3.63) is 200 Å². The van der Waals surface area contributed by atoms with Crippen LogP contribution in [0.15, 0.2) is 200 Å². The lowest BCUT2D eigenvalue weighted by Gasteiger charge is -2.15. The van der Waals surface area contributed by atoms with Gasteiger partial charge >= 0.3 is 0 Å². The fourth-order valence-electron chi connectivity index (χ4n) is 8.38. The summed E-state index contributed by atoms with van der Waals surface area (Å²) in [5.74, 6) is 0.708. The molecule has 0 saturated carbocycles. The van der Waals surface area contributed by atoms with Gasteiger partial charge in [0.15, 0.2) is 5.82 Å². The van der Waals surface area contributed by atoms with Crippen molar-refractivity contribution < 1.29 is 0 Å². The SMILES string of the molecule is c1ccc2c(-c3ccc(-c4ccc(-c5cc(-c6cc7ccccc7c7ccccc67)nc(-c6cc7ccccc7c7ccccc67)n5)cc4)cc3)cncc2c1. The Morgan fingerprint density at radius 1 is 0.268 bits per heavy atom. The van der Waals surface area contributed by atoms with Crippen molar-refractivity contribution in [1.29, 1.82) is 0 Å². The maximum absolute atomic E-state index is 5.41. The molecule has 2 heterocycles. The molecular weight excluding hydrogens is 679 g/mol. The molecule has 0 aliphatic rings. The standard InChI is InChI=1S/C53H33N3/c1-4-14-41-38(11-1)29-48(46-19-9-7-17-44(41)46)52-31-51(55-53(56-52)49-30-39-12-2-5-15-42(39)45-18-8-10-20-47(45)49)37-27-23-35(24-28-37)34-21-25-36(26-22-34)50-33-54-32-40-13-3-6-16-43(40)50/h1-33H. The Bertz CT molecular complexity index is 3150. The van der Waals surface area contributed by atoms with Gasteiger partial charge in [-0.25, -0.2) is 9.97 Å².